The molecule has 0 spiro atoms. The molecule has 2 aromatic rings. The molecule has 0 amide bonds. The van der Waals surface area contributed by atoms with Crippen LogP contribution in [0, 0.1) is 6.92 Å². The van der Waals surface area contributed by atoms with Gasteiger partial charge in [-0.25, -0.2) is 4.98 Å². The summed E-state index contributed by atoms with van der Waals surface area (Å²) in [5.41, 5.74) is 2.88. The van der Waals surface area contributed by atoms with Gasteiger partial charge in [-0.05, 0) is 19.1 Å². The fourth-order valence-corrected chi connectivity index (χ4v) is 1.05. The topological polar surface area (TPSA) is 25.8 Å². The van der Waals surface area contributed by atoms with Crippen LogP contribution >= 0.6 is 12.4 Å². The van der Waals surface area contributed by atoms with Crippen LogP contribution in [-0.2, 0) is 0 Å². The molecule has 0 unspecified atom stereocenters. The van der Waals surface area contributed by atoms with E-state index in [0.717, 1.165) is 16.7 Å². The van der Waals surface area contributed by atoms with Crippen LogP contribution in [0.1, 0.15) is 5.69 Å². The highest BCUT2D eigenvalue weighted by Gasteiger charge is 1.92. The van der Waals surface area contributed by atoms with Gasteiger partial charge in [0.15, 0.2) is 0 Å². The Balaban J connectivity index is 0.000000720. The maximum Gasteiger partial charge on any atom is 0.0889 e. The molecule has 0 fully saturated rings. The maximum absolute atomic E-state index is 4.31. The number of halogens is 1. The largest absolute Gasteiger partial charge is 0.253 e. The smallest absolute Gasteiger partial charge is 0.0889 e. The third-order valence-corrected chi connectivity index (χ3v) is 1.57. The first-order valence-electron chi connectivity index (χ1n) is 3.55. The highest BCUT2D eigenvalue weighted by Crippen LogP contribution is 2.06. The van der Waals surface area contributed by atoms with E-state index < -0.39 is 0 Å². The summed E-state index contributed by atoms with van der Waals surface area (Å²) >= 11 is 0. The van der Waals surface area contributed by atoms with Crippen molar-refractivity contribution < 1.29 is 0 Å². The molecular formula is C9H9ClN2. The second-order valence-electron chi connectivity index (χ2n) is 2.50. The highest BCUT2D eigenvalue weighted by atomic mass is 35.5. The Morgan fingerprint density at radius 3 is 2.50 bits per heavy atom. The van der Waals surface area contributed by atoms with Crippen LogP contribution in [0.25, 0.3) is 11.0 Å². The number of benzene rings is 1. The molecule has 62 valence electrons. The van der Waals surface area contributed by atoms with Crippen molar-refractivity contribution in [3.8, 4) is 0 Å². The highest BCUT2D eigenvalue weighted by molar-refractivity contribution is 5.85. The van der Waals surface area contributed by atoms with E-state index in [1.807, 2.05) is 31.2 Å². The van der Waals surface area contributed by atoms with E-state index in [1.165, 1.54) is 0 Å². The minimum Gasteiger partial charge on any atom is -0.253 e. The second-order valence-corrected chi connectivity index (χ2v) is 2.50. The van der Waals surface area contributed by atoms with E-state index in [1.54, 1.807) is 6.20 Å². The van der Waals surface area contributed by atoms with Gasteiger partial charge in [0, 0.05) is 6.20 Å². The molecule has 0 bridgehead atoms. The van der Waals surface area contributed by atoms with Crippen molar-refractivity contribution in [2.75, 3.05) is 0 Å². The van der Waals surface area contributed by atoms with Gasteiger partial charge in [-0.1, -0.05) is 12.1 Å². The monoisotopic (exact) mass is 180 g/mol. The summed E-state index contributed by atoms with van der Waals surface area (Å²) in [4.78, 5) is 8.53. The average molecular weight is 181 g/mol. The lowest BCUT2D eigenvalue weighted by Gasteiger charge is -1.95. The first kappa shape index (κ1) is 8.94. The van der Waals surface area contributed by atoms with E-state index in [4.69, 9.17) is 0 Å². The Labute approximate surface area is 77.1 Å². The Bertz CT molecular complexity index is 387. The van der Waals surface area contributed by atoms with Gasteiger partial charge >= 0.3 is 0 Å². The molecule has 3 heteroatoms. The average Bonchev–Trinajstić information content (AvgIpc) is 2.04. The molecule has 2 rings (SSSR count). The summed E-state index contributed by atoms with van der Waals surface area (Å²) < 4.78 is 0. The molecule has 0 radical (unpaired) electrons. The van der Waals surface area contributed by atoms with E-state index in [0.29, 0.717) is 0 Å². The second kappa shape index (κ2) is 3.50. The number of hydrogen-bond acceptors (Lipinski definition) is 2. The van der Waals surface area contributed by atoms with Crippen LogP contribution in [0.3, 0.4) is 0 Å². The summed E-state index contributed by atoms with van der Waals surface area (Å²) in [5.74, 6) is 0. The molecule has 0 aliphatic heterocycles. The number of aryl methyl sites for hydroxylation is 1. The molecule has 0 N–H and O–H groups in total. The molecule has 1 heterocycles. The number of nitrogens with zero attached hydrogens (tertiary/aromatic N) is 2. The van der Waals surface area contributed by atoms with Crippen molar-refractivity contribution >= 4 is 23.4 Å². The van der Waals surface area contributed by atoms with Gasteiger partial charge in [0.1, 0.15) is 0 Å². The fourth-order valence-electron chi connectivity index (χ4n) is 1.05. The number of aromatic nitrogens is 2. The van der Waals surface area contributed by atoms with E-state index in [-0.39, 0.29) is 12.4 Å². The van der Waals surface area contributed by atoms with Crippen molar-refractivity contribution in [2.24, 2.45) is 0 Å². The molecule has 0 saturated carbocycles. The van der Waals surface area contributed by atoms with Crippen molar-refractivity contribution in [3.63, 3.8) is 0 Å². The van der Waals surface area contributed by atoms with Crippen LogP contribution < -0.4 is 0 Å². The predicted octanol–water partition coefficient (Wildman–Crippen LogP) is 2.36. The molecule has 0 aliphatic rings. The third-order valence-electron chi connectivity index (χ3n) is 1.57. The van der Waals surface area contributed by atoms with Gasteiger partial charge in [-0.3, -0.25) is 4.98 Å². The Morgan fingerprint density at radius 2 is 1.75 bits per heavy atom. The number of fused-ring (bicyclic) bond motifs is 1. The molecule has 1 aromatic heterocycles. The number of para-hydroxylation sites is 2. The van der Waals surface area contributed by atoms with Gasteiger partial charge in [-0.2, -0.15) is 0 Å². The zero-order chi connectivity index (χ0) is 7.68. The van der Waals surface area contributed by atoms with E-state index in [9.17, 15) is 0 Å². The van der Waals surface area contributed by atoms with Crippen LogP contribution in [0.2, 0.25) is 0 Å². The van der Waals surface area contributed by atoms with Crippen molar-refractivity contribution in [1.82, 2.24) is 9.97 Å². The minimum atomic E-state index is 0. The van der Waals surface area contributed by atoms with Crippen LogP contribution in [0.15, 0.2) is 30.5 Å². The van der Waals surface area contributed by atoms with Crippen LogP contribution in [0.5, 0.6) is 0 Å². The van der Waals surface area contributed by atoms with Gasteiger partial charge in [-0.15, -0.1) is 12.4 Å². The minimum absolute atomic E-state index is 0. The molecule has 0 saturated heterocycles. The lowest BCUT2D eigenvalue weighted by Crippen LogP contribution is -1.85. The van der Waals surface area contributed by atoms with E-state index >= 15 is 0 Å². The summed E-state index contributed by atoms with van der Waals surface area (Å²) in [6.45, 7) is 1.94. The van der Waals surface area contributed by atoms with Crippen molar-refractivity contribution in [1.29, 1.82) is 0 Å². The summed E-state index contributed by atoms with van der Waals surface area (Å²) in [7, 11) is 0. The zero-order valence-corrected chi connectivity index (χ0v) is 7.51. The Kier molecular flexibility index (Phi) is 2.61. The molecule has 0 aliphatic carbocycles. The van der Waals surface area contributed by atoms with Crippen LogP contribution in [0.4, 0.5) is 0 Å². The van der Waals surface area contributed by atoms with Gasteiger partial charge < -0.3 is 0 Å². The first-order valence-corrected chi connectivity index (χ1v) is 3.55. The predicted molar refractivity (Wildman–Crippen MR) is 51.5 cm³/mol. The SMILES string of the molecule is Cc1cnc2ccccc2n1.Cl. The summed E-state index contributed by atoms with van der Waals surface area (Å²) in [5, 5.41) is 0. The van der Waals surface area contributed by atoms with Crippen molar-refractivity contribution in [2.45, 2.75) is 6.92 Å². The zero-order valence-electron chi connectivity index (χ0n) is 6.69. The molecule has 1 aromatic carbocycles. The molecule has 2 nitrogen and oxygen atoms in total. The van der Waals surface area contributed by atoms with Gasteiger partial charge in [0.2, 0.25) is 0 Å². The summed E-state index contributed by atoms with van der Waals surface area (Å²) in [6.07, 6.45) is 1.78. The van der Waals surface area contributed by atoms with Crippen LogP contribution in [-0.4, -0.2) is 9.97 Å². The molecule has 0 atom stereocenters. The lowest BCUT2D eigenvalue weighted by molar-refractivity contribution is 1.19. The maximum atomic E-state index is 4.31. The van der Waals surface area contributed by atoms with Crippen molar-refractivity contribution in [3.05, 3.63) is 36.2 Å². The van der Waals surface area contributed by atoms with Gasteiger partial charge in [0.05, 0.1) is 16.7 Å². The first-order chi connectivity index (χ1) is 5.36. The normalized spacial score (nSPS) is 9.42. The summed E-state index contributed by atoms with van der Waals surface area (Å²) in [6, 6.07) is 7.86. The fraction of sp³-hybridized carbons (Fsp3) is 0.111. The van der Waals surface area contributed by atoms with Gasteiger partial charge in [0.25, 0.3) is 0 Å². The molecule has 12 heavy (non-hydrogen) atoms. The Hall–Kier alpha value is -1.15. The molecular weight excluding hydrogens is 172 g/mol. The lowest BCUT2D eigenvalue weighted by atomic mass is 10.3. The number of rotatable bonds is 0. The number of hydrogen-bond donors (Lipinski definition) is 0. The third kappa shape index (κ3) is 1.53. The standard InChI is InChI=1S/C9H8N2.ClH/c1-7-6-10-8-4-2-3-5-9(8)11-7;/h2-6H,1H3;1H. The van der Waals surface area contributed by atoms with E-state index in [2.05, 4.69) is 9.97 Å². The Morgan fingerprint density at radius 1 is 1.08 bits per heavy atom. The quantitative estimate of drug-likeness (QED) is 0.622.